The molecule has 6 heteroatoms. The SMILES string of the molecule is CC(P(n1cccc1)n1cccc1)P(n1cccc1)n1cccc1. The smallest absolute Gasteiger partial charge is 0.114 e. The molecule has 4 nitrogen and oxygen atoms in total. The van der Waals surface area contributed by atoms with Gasteiger partial charge in [-0.25, -0.2) is 0 Å². The highest BCUT2D eigenvalue weighted by atomic mass is 31.2. The molecule has 122 valence electrons. The third-order valence-corrected chi connectivity index (χ3v) is 9.51. The summed E-state index contributed by atoms with van der Waals surface area (Å²) in [5.41, 5.74) is 0. The number of nitrogens with zero attached hydrogens (tertiary/aromatic N) is 4. The Morgan fingerprint density at radius 3 is 0.875 bits per heavy atom. The van der Waals surface area contributed by atoms with E-state index in [9.17, 15) is 0 Å². The highest BCUT2D eigenvalue weighted by Crippen LogP contribution is 2.60. The monoisotopic (exact) mass is 354 g/mol. The van der Waals surface area contributed by atoms with E-state index < -0.39 is 16.4 Å². The van der Waals surface area contributed by atoms with E-state index in [1.807, 2.05) is 0 Å². The Kier molecular flexibility index (Phi) is 4.42. The van der Waals surface area contributed by atoms with Crippen LogP contribution in [0.3, 0.4) is 0 Å². The van der Waals surface area contributed by atoms with Crippen molar-refractivity contribution in [1.29, 1.82) is 0 Å². The normalized spacial score (nSPS) is 11.8. The molecular weight excluding hydrogens is 334 g/mol. The quantitative estimate of drug-likeness (QED) is 0.416. The summed E-state index contributed by atoms with van der Waals surface area (Å²) in [5.74, 6) is 0. The van der Waals surface area contributed by atoms with Crippen LogP contribution in [-0.2, 0) is 0 Å². The zero-order valence-corrected chi connectivity index (χ0v) is 15.3. The van der Waals surface area contributed by atoms with Crippen LogP contribution in [0.2, 0.25) is 0 Å². The van der Waals surface area contributed by atoms with Crippen molar-refractivity contribution >= 4 is 16.4 Å². The molecule has 0 aromatic carbocycles. The molecule has 4 aromatic heterocycles. The zero-order valence-electron chi connectivity index (χ0n) is 13.5. The maximum Gasteiger partial charge on any atom is 0.114 e. The molecule has 0 atom stereocenters. The summed E-state index contributed by atoms with van der Waals surface area (Å²) in [5, 5.41) is 0.453. The molecule has 0 bridgehead atoms. The lowest BCUT2D eigenvalue weighted by Crippen LogP contribution is -2.15. The summed E-state index contributed by atoms with van der Waals surface area (Å²) >= 11 is 0. The van der Waals surface area contributed by atoms with Gasteiger partial charge < -0.3 is 17.4 Å². The van der Waals surface area contributed by atoms with Crippen molar-refractivity contribution in [1.82, 2.24) is 17.4 Å². The van der Waals surface area contributed by atoms with Gasteiger partial charge in [-0.05, 0) is 55.5 Å². The number of rotatable bonds is 6. The molecular formula is C18H20N4P2. The molecule has 0 saturated heterocycles. The maximum atomic E-state index is 2.37. The third-order valence-electron chi connectivity index (χ3n) is 3.97. The van der Waals surface area contributed by atoms with Crippen molar-refractivity contribution in [2.45, 2.75) is 12.3 Å². The molecule has 0 saturated carbocycles. The number of hydrogen-bond donors (Lipinski definition) is 0. The van der Waals surface area contributed by atoms with E-state index in [1.54, 1.807) is 0 Å². The van der Waals surface area contributed by atoms with E-state index in [0.29, 0.717) is 5.40 Å². The molecule has 0 fully saturated rings. The molecule has 0 amide bonds. The standard InChI is InChI=1S/C18H20N4P2/c1-18(23(19-10-2-3-11-19)20-12-4-5-13-20)24(21-14-6-7-15-21)22-16-8-9-17-22/h2-18H,1H3. The Labute approximate surface area is 144 Å². The summed E-state index contributed by atoms with van der Waals surface area (Å²) < 4.78 is 9.45. The molecule has 4 aromatic rings. The summed E-state index contributed by atoms with van der Waals surface area (Å²) in [6, 6.07) is 16.9. The average Bonchev–Trinajstić information content (AvgIpc) is 3.38. The number of hydrogen-bond acceptors (Lipinski definition) is 0. The van der Waals surface area contributed by atoms with E-state index in [2.05, 4.69) is 122 Å². The molecule has 0 unspecified atom stereocenters. The Morgan fingerprint density at radius 1 is 0.458 bits per heavy atom. The second kappa shape index (κ2) is 6.84. The summed E-state index contributed by atoms with van der Waals surface area (Å²) in [6.45, 7) is 2.37. The Hall–Kier alpha value is -2.02. The largest absolute Gasteiger partial charge is 0.315 e. The van der Waals surface area contributed by atoms with E-state index in [0.717, 1.165) is 0 Å². The predicted octanol–water partition coefficient (Wildman–Crippen LogP) is 5.36. The first-order valence-electron chi connectivity index (χ1n) is 7.96. The van der Waals surface area contributed by atoms with Crippen molar-refractivity contribution in [3.63, 3.8) is 0 Å². The van der Waals surface area contributed by atoms with Crippen LogP contribution in [0, 0.1) is 0 Å². The van der Waals surface area contributed by atoms with Crippen LogP contribution in [0.15, 0.2) is 98.1 Å². The van der Waals surface area contributed by atoms with E-state index in [4.69, 9.17) is 0 Å². The van der Waals surface area contributed by atoms with Gasteiger partial charge in [-0.15, -0.1) is 0 Å². The second-order valence-corrected chi connectivity index (χ2v) is 10.6. The summed E-state index contributed by atoms with van der Waals surface area (Å²) in [4.78, 5) is 0. The lowest BCUT2D eigenvalue weighted by atomic mass is 10.7. The first-order valence-corrected chi connectivity index (χ1v) is 10.6. The molecule has 0 aliphatic carbocycles. The van der Waals surface area contributed by atoms with E-state index in [-0.39, 0.29) is 0 Å². The van der Waals surface area contributed by atoms with Crippen molar-refractivity contribution in [3.8, 4) is 0 Å². The van der Waals surface area contributed by atoms with Gasteiger partial charge in [0.25, 0.3) is 0 Å². The first-order chi connectivity index (χ1) is 11.8. The van der Waals surface area contributed by atoms with Crippen molar-refractivity contribution in [3.05, 3.63) is 98.1 Å². The fourth-order valence-electron chi connectivity index (χ4n) is 2.95. The Bertz CT molecular complexity index is 692. The van der Waals surface area contributed by atoms with Gasteiger partial charge in [0.1, 0.15) is 16.4 Å². The van der Waals surface area contributed by atoms with Crippen LogP contribution >= 0.6 is 16.4 Å². The topological polar surface area (TPSA) is 19.7 Å². The van der Waals surface area contributed by atoms with Crippen LogP contribution < -0.4 is 0 Å². The molecule has 0 aliphatic rings. The van der Waals surface area contributed by atoms with Gasteiger partial charge in [0.15, 0.2) is 0 Å². The van der Waals surface area contributed by atoms with Gasteiger partial charge in [-0.3, -0.25) is 0 Å². The van der Waals surface area contributed by atoms with Crippen molar-refractivity contribution in [2.75, 3.05) is 0 Å². The third kappa shape index (κ3) is 2.88. The molecule has 4 rings (SSSR count). The van der Waals surface area contributed by atoms with Crippen LogP contribution in [0.1, 0.15) is 6.92 Å². The molecule has 0 aliphatic heterocycles. The fourth-order valence-corrected chi connectivity index (χ4v) is 8.85. The lowest BCUT2D eigenvalue weighted by molar-refractivity contribution is 1.05. The Morgan fingerprint density at radius 2 is 0.667 bits per heavy atom. The van der Waals surface area contributed by atoms with Gasteiger partial charge in [-0.2, -0.15) is 0 Å². The van der Waals surface area contributed by atoms with Gasteiger partial charge in [0, 0.05) is 49.6 Å². The van der Waals surface area contributed by atoms with Gasteiger partial charge in [0.05, 0.1) is 5.40 Å². The molecule has 4 heterocycles. The molecule has 0 N–H and O–H groups in total. The van der Waals surface area contributed by atoms with Gasteiger partial charge >= 0.3 is 0 Å². The summed E-state index contributed by atoms with van der Waals surface area (Å²) in [7, 11) is -1.13. The predicted molar refractivity (Wildman–Crippen MR) is 103 cm³/mol. The highest BCUT2D eigenvalue weighted by Gasteiger charge is 2.30. The Balaban J connectivity index is 1.79. The highest BCUT2D eigenvalue weighted by molar-refractivity contribution is 7.72. The first kappa shape index (κ1) is 15.5. The lowest BCUT2D eigenvalue weighted by Gasteiger charge is -2.33. The summed E-state index contributed by atoms with van der Waals surface area (Å²) in [6.07, 6.45) is 17.5. The van der Waals surface area contributed by atoms with Crippen molar-refractivity contribution in [2.24, 2.45) is 0 Å². The fraction of sp³-hybridized carbons (Fsp3) is 0.111. The molecule has 24 heavy (non-hydrogen) atoms. The second-order valence-electron chi connectivity index (χ2n) is 5.52. The van der Waals surface area contributed by atoms with Crippen molar-refractivity contribution < 1.29 is 0 Å². The van der Waals surface area contributed by atoms with Crippen LogP contribution in [0.4, 0.5) is 0 Å². The van der Waals surface area contributed by atoms with Crippen LogP contribution in [0.25, 0.3) is 0 Å². The van der Waals surface area contributed by atoms with E-state index >= 15 is 0 Å². The number of aromatic nitrogens is 4. The van der Waals surface area contributed by atoms with Crippen LogP contribution in [0.5, 0.6) is 0 Å². The zero-order chi connectivity index (χ0) is 16.4. The minimum Gasteiger partial charge on any atom is -0.315 e. The average molecular weight is 354 g/mol. The minimum absolute atomic E-state index is 0.453. The molecule has 0 spiro atoms. The van der Waals surface area contributed by atoms with Crippen LogP contribution in [-0.4, -0.2) is 22.8 Å². The van der Waals surface area contributed by atoms with Gasteiger partial charge in [0.2, 0.25) is 0 Å². The molecule has 0 radical (unpaired) electrons. The van der Waals surface area contributed by atoms with Gasteiger partial charge in [-0.1, -0.05) is 0 Å². The minimum atomic E-state index is -0.566. The van der Waals surface area contributed by atoms with E-state index in [1.165, 1.54) is 0 Å². The maximum absolute atomic E-state index is 2.37.